The van der Waals surface area contributed by atoms with Crippen LogP contribution in [0.1, 0.15) is 25.3 Å². The maximum absolute atomic E-state index is 12.8. The van der Waals surface area contributed by atoms with Gasteiger partial charge in [-0.3, -0.25) is 0 Å². The van der Waals surface area contributed by atoms with Crippen LogP contribution in [0.3, 0.4) is 0 Å². The highest BCUT2D eigenvalue weighted by Gasteiger charge is 2.04. The SMILES string of the molecule is [C-]#[N+]c1cc(C(C)C)ccc1F. The fourth-order valence-corrected chi connectivity index (χ4v) is 0.974. The van der Waals surface area contributed by atoms with E-state index in [4.69, 9.17) is 6.57 Å². The highest BCUT2D eigenvalue weighted by molar-refractivity contribution is 5.48. The zero-order chi connectivity index (χ0) is 9.14. The van der Waals surface area contributed by atoms with Crippen molar-refractivity contribution in [3.8, 4) is 0 Å². The average Bonchev–Trinajstić information content (AvgIpc) is 2.05. The summed E-state index contributed by atoms with van der Waals surface area (Å²) in [5, 5.41) is 0. The second kappa shape index (κ2) is 3.36. The van der Waals surface area contributed by atoms with E-state index in [1.807, 2.05) is 13.8 Å². The summed E-state index contributed by atoms with van der Waals surface area (Å²) in [5.74, 6) is -0.0968. The van der Waals surface area contributed by atoms with Gasteiger partial charge < -0.3 is 0 Å². The maximum Gasteiger partial charge on any atom is 0.222 e. The molecule has 0 N–H and O–H groups in total. The van der Waals surface area contributed by atoms with Gasteiger partial charge in [-0.1, -0.05) is 31.5 Å². The average molecular weight is 163 g/mol. The fourth-order valence-electron chi connectivity index (χ4n) is 0.974. The number of rotatable bonds is 1. The molecule has 0 atom stereocenters. The first-order valence-corrected chi connectivity index (χ1v) is 3.82. The van der Waals surface area contributed by atoms with Gasteiger partial charge in [0.25, 0.3) is 0 Å². The molecule has 0 radical (unpaired) electrons. The van der Waals surface area contributed by atoms with E-state index in [1.165, 1.54) is 6.07 Å². The maximum atomic E-state index is 12.8. The molecule has 0 amide bonds. The second-order valence-electron chi connectivity index (χ2n) is 2.98. The number of halogens is 1. The summed E-state index contributed by atoms with van der Waals surface area (Å²) in [5.41, 5.74) is 1.11. The molecule has 0 aliphatic carbocycles. The van der Waals surface area contributed by atoms with E-state index in [2.05, 4.69) is 4.85 Å². The monoisotopic (exact) mass is 163 g/mol. The Labute approximate surface area is 71.7 Å². The third kappa shape index (κ3) is 1.62. The molecule has 1 nitrogen and oxygen atoms in total. The van der Waals surface area contributed by atoms with Gasteiger partial charge in [-0.25, -0.2) is 9.24 Å². The van der Waals surface area contributed by atoms with Crippen molar-refractivity contribution in [1.29, 1.82) is 0 Å². The van der Waals surface area contributed by atoms with Crippen LogP contribution >= 0.6 is 0 Å². The zero-order valence-electron chi connectivity index (χ0n) is 7.13. The Morgan fingerprint density at radius 2 is 2.08 bits per heavy atom. The Morgan fingerprint density at radius 3 is 2.58 bits per heavy atom. The van der Waals surface area contributed by atoms with Crippen molar-refractivity contribution < 1.29 is 4.39 Å². The third-order valence-corrected chi connectivity index (χ3v) is 1.76. The molecule has 0 spiro atoms. The molecular formula is C10H10FN. The summed E-state index contributed by atoms with van der Waals surface area (Å²) in [6.45, 7) is 10.7. The Morgan fingerprint density at radius 1 is 1.42 bits per heavy atom. The normalized spacial score (nSPS) is 9.92. The molecule has 1 rings (SSSR count). The van der Waals surface area contributed by atoms with Gasteiger partial charge in [-0.05, 0) is 12.0 Å². The van der Waals surface area contributed by atoms with Crippen molar-refractivity contribution in [3.05, 3.63) is 41.0 Å². The van der Waals surface area contributed by atoms with Gasteiger partial charge in [-0.2, -0.15) is 0 Å². The molecule has 0 aliphatic rings. The quantitative estimate of drug-likeness (QED) is 0.558. The van der Waals surface area contributed by atoms with Crippen LogP contribution in [-0.2, 0) is 0 Å². The summed E-state index contributed by atoms with van der Waals surface area (Å²) in [4.78, 5) is 3.09. The van der Waals surface area contributed by atoms with Crippen molar-refractivity contribution in [2.45, 2.75) is 19.8 Å². The minimum absolute atomic E-state index is 0.112. The van der Waals surface area contributed by atoms with E-state index < -0.39 is 5.82 Å². The van der Waals surface area contributed by atoms with Crippen molar-refractivity contribution in [2.75, 3.05) is 0 Å². The molecule has 2 heteroatoms. The molecule has 12 heavy (non-hydrogen) atoms. The van der Waals surface area contributed by atoms with Crippen molar-refractivity contribution >= 4 is 5.69 Å². The molecule has 0 aromatic heterocycles. The van der Waals surface area contributed by atoms with Crippen molar-refractivity contribution in [2.24, 2.45) is 0 Å². The lowest BCUT2D eigenvalue weighted by Gasteiger charge is -2.04. The van der Waals surface area contributed by atoms with Gasteiger partial charge in [-0.15, -0.1) is 0 Å². The van der Waals surface area contributed by atoms with E-state index in [-0.39, 0.29) is 5.69 Å². The lowest BCUT2D eigenvalue weighted by atomic mass is 10.0. The van der Waals surface area contributed by atoms with E-state index >= 15 is 0 Å². The Kier molecular flexibility index (Phi) is 2.44. The molecular weight excluding hydrogens is 153 g/mol. The first-order chi connectivity index (χ1) is 5.65. The molecule has 0 saturated heterocycles. The number of nitrogens with zero attached hydrogens (tertiary/aromatic N) is 1. The standard InChI is InChI=1S/C10H10FN/c1-7(2)8-4-5-9(11)10(6-8)12-3/h4-7H,1-2H3. The van der Waals surface area contributed by atoms with E-state index in [0.717, 1.165) is 5.56 Å². The molecule has 0 unspecified atom stereocenters. The highest BCUT2D eigenvalue weighted by atomic mass is 19.1. The summed E-state index contributed by atoms with van der Waals surface area (Å²) in [6.07, 6.45) is 0. The largest absolute Gasteiger partial charge is 0.235 e. The summed E-state index contributed by atoms with van der Waals surface area (Å²) < 4.78 is 12.8. The van der Waals surface area contributed by atoms with E-state index in [9.17, 15) is 4.39 Å². The molecule has 62 valence electrons. The highest BCUT2D eigenvalue weighted by Crippen LogP contribution is 2.23. The molecule has 0 saturated carbocycles. The third-order valence-electron chi connectivity index (χ3n) is 1.76. The van der Waals surface area contributed by atoms with Crippen LogP contribution in [0.5, 0.6) is 0 Å². The van der Waals surface area contributed by atoms with E-state index in [0.29, 0.717) is 5.92 Å². The van der Waals surface area contributed by atoms with Crippen molar-refractivity contribution in [1.82, 2.24) is 0 Å². The topological polar surface area (TPSA) is 4.36 Å². The summed E-state index contributed by atoms with van der Waals surface area (Å²) in [7, 11) is 0. The predicted molar refractivity (Wildman–Crippen MR) is 46.8 cm³/mol. The number of hydrogen-bond donors (Lipinski definition) is 0. The molecule has 1 aromatic carbocycles. The smallest absolute Gasteiger partial charge is 0.222 e. The molecule has 0 bridgehead atoms. The minimum atomic E-state index is -0.436. The molecule has 1 aromatic rings. The van der Waals surface area contributed by atoms with Gasteiger partial charge >= 0.3 is 0 Å². The fraction of sp³-hybridized carbons (Fsp3) is 0.300. The van der Waals surface area contributed by atoms with Gasteiger partial charge in [0, 0.05) is 0 Å². The van der Waals surface area contributed by atoms with Crippen LogP contribution in [0.15, 0.2) is 18.2 Å². The first-order valence-electron chi connectivity index (χ1n) is 3.82. The Balaban J connectivity index is 3.16. The molecule has 0 fully saturated rings. The number of hydrogen-bond acceptors (Lipinski definition) is 0. The second-order valence-corrected chi connectivity index (χ2v) is 2.98. The van der Waals surface area contributed by atoms with Crippen LogP contribution < -0.4 is 0 Å². The number of benzene rings is 1. The predicted octanol–water partition coefficient (Wildman–Crippen LogP) is 3.50. The van der Waals surface area contributed by atoms with Crippen LogP contribution in [0, 0.1) is 12.4 Å². The minimum Gasteiger partial charge on any atom is -0.235 e. The van der Waals surface area contributed by atoms with Crippen LogP contribution in [0.2, 0.25) is 0 Å². The Bertz CT molecular complexity index is 323. The zero-order valence-corrected chi connectivity index (χ0v) is 7.13. The Hall–Kier alpha value is -1.36. The lowest BCUT2D eigenvalue weighted by Crippen LogP contribution is -1.86. The molecule has 0 aliphatic heterocycles. The summed E-state index contributed by atoms with van der Waals surface area (Å²) >= 11 is 0. The van der Waals surface area contributed by atoms with Crippen molar-refractivity contribution in [3.63, 3.8) is 0 Å². The van der Waals surface area contributed by atoms with Crippen LogP contribution in [0.4, 0.5) is 10.1 Å². The van der Waals surface area contributed by atoms with E-state index in [1.54, 1.807) is 12.1 Å². The van der Waals surface area contributed by atoms with Crippen LogP contribution in [-0.4, -0.2) is 0 Å². The van der Waals surface area contributed by atoms with Gasteiger partial charge in [0.15, 0.2) is 0 Å². The molecule has 0 heterocycles. The summed E-state index contributed by atoms with van der Waals surface area (Å²) in [6, 6.07) is 4.67. The van der Waals surface area contributed by atoms with Gasteiger partial charge in [0.2, 0.25) is 5.69 Å². The first kappa shape index (κ1) is 8.73. The lowest BCUT2D eigenvalue weighted by molar-refractivity contribution is 0.632. The van der Waals surface area contributed by atoms with Gasteiger partial charge in [0.1, 0.15) is 5.82 Å². The van der Waals surface area contributed by atoms with Gasteiger partial charge in [0.05, 0.1) is 6.57 Å². The van der Waals surface area contributed by atoms with Crippen LogP contribution in [0.25, 0.3) is 4.85 Å².